The molecular formula is C18H16F2O3. The number of aryl methyl sites for hydroxylation is 1. The van der Waals surface area contributed by atoms with E-state index in [0.29, 0.717) is 11.1 Å². The molecule has 0 saturated heterocycles. The lowest BCUT2D eigenvalue weighted by atomic mass is 9.87. The molecule has 0 spiro atoms. The normalized spacial score (nSPS) is 21.4. The van der Waals surface area contributed by atoms with Crippen molar-refractivity contribution in [3.8, 4) is 0 Å². The highest BCUT2D eigenvalue weighted by Gasteiger charge is 2.44. The molecule has 3 unspecified atom stereocenters. The van der Waals surface area contributed by atoms with Gasteiger partial charge in [0.1, 0.15) is 11.6 Å². The summed E-state index contributed by atoms with van der Waals surface area (Å²) < 4.78 is 28.3. The Morgan fingerprint density at radius 3 is 2.48 bits per heavy atom. The third kappa shape index (κ3) is 2.28. The molecule has 0 heterocycles. The first-order valence-corrected chi connectivity index (χ1v) is 7.29. The Morgan fingerprint density at radius 2 is 1.83 bits per heavy atom. The van der Waals surface area contributed by atoms with E-state index in [2.05, 4.69) is 0 Å². The molecule has 23 heavy (non-hydrogen) atoms. The Balaban J connectivity index is 2.10. The van der Waals surface area contributed by atoms with Crippen LogP contribution in [0, 0.1) is 31.4 Å². The van der Waals surface area contributed by atoms with E-state index in [1.54, 1.807) is 24.3 Å². The van der Waals surface area contributed by atoms with Gasteiger partial charge in [-0.3, -0.25) is 4.79 Å². The summed E-state index contributed by atoms with van der Waals surface area (Å²) in [5, 5.41) is 20.9. The molecule has 0 fully saturated rings. The van der Waals surface area contributed by atoms with E-state index in [-0.39, 0.29) is 16.7 Å². The topological polar surface area (TPSA) is 57.5 Å². The van der Waals surface area contributed by atoms with E-state index in [4.69, 9.17) is 0 Å². The van der Waals surface area contributed by atoms with Crippen LogP contribution >= 0.6 is 0 Å². The molecule has 3 rings (SSSR count). The second-order valence-electron chi connectivity index (χ2n) is 5.89. The van der Waals surface area contributed by atoms with Crippen LogP contribution in [0.2, 0.25) is 0 Å². The SMILES string of the molecule is Cc1cc(F)c(C)c(C(O)C2C(=O)c3ccccc3C2O)c1F. The molecule has 0 aliphatic heterocycles. The van der Waals surface area contributed by atoms with Gasteiger partial charge in [0, 0.05) is 11.1 Å². The highest BCUT2D eigenvalue weighted by molar-refractivity contribution is 6.03. The van der Waals surface area contributed by atoms with Crippen LogP contribution < -0.4 is 0 Å². The lowest BCUT2D eigenvalue weighted by molar-refractivity contribution is 0.0207. The number of Topliss-reactive ketones (excluding diaryl/α,β-unsaturated/α-hetero) is 1. The van der Waals surface area contributed by atoms with Crippen LogP contribution in [-0.2, 0) is 0 Å². The molecule has 0 amide bonds. The number of ketones is 1. The summed E-state index contributed by atoms with van der Waals surface area (Å²) in [6.45, 7) is 2.73. The Labute approximate surface area is 132 Å². The zero-order chi connectivity index (χ0) is 16.9. The van der Waals surface area contributed by atoms with Crippen molar-refractivity contribution in [1.29, 1.82) is 0 Å². The molecule has 3 nitrogen and oxygen atoms in total. The fraction of sp³-hybridized carbons (Fsp3) is 0.278. The predicted octanol–water partition coefficient (Wildman–Crippen LogP) is 3.16. The second-order valence-corrected chi connectivity index (χ2v) is 5.89. The third-order valence-corrected chi connectivity index (χ3v) is 4.51. The first-order chi connectivity index (χ1) is 10.8. The number of hydrogen-bond acceptors (Lipinski definition) is 3. The summed E-state index contributed by atoms with van der Waals surface area (Å²) in [6, 6.07) is 7.50. The van der Waals surface area contributed by atoms with E-state index in [1.165, 1.54) is 13.8 Å². The summed E-state index contributed by atoms with van der Waals surface area (Å²) in [4.78, 5) is 12.5. The maximum atomic E-state index is 14.4. The summed E-state index contributed by atoms with van der Waals surface area (Å²) in [5.74, 6) is -3.13. The van der Waals surface area contributed by atoms with Crippen molar-refractivity contribution in [2.75, 3.05) is 0 Å². The van der Waals surface area contributed by atoms with E-state index >= 15 is 0 Å². The molecule has 0 aromatic heterocycles. The van der Waals surface area contributed by atoms with Gasteiger partial charge in [0.2, 0.25) is 0 Å². The van der Waals surface area contributed by atoms with E-state index in [0.717, 1.165) is 6.07 Å². The van der Waals surface area contributed by atoms with Crippen LogP contribution in [0.15, 0.2) is 30.3 Å². The fourth-order valence-corrected chi connectivity index (χ4v) is 3.21. The van der Waals surface area contributed by atoms with Gasteiger partial charge < -0.3 is 10.2 Å². The van der Waals surface area contributed by atoms with Gasteiger partial charge >= 0.3 is 0 Å². The molecule has 0 saturated carbocycles. The van der Waals surface area contributed by atoms with Crippen molar-refractivity contribution < 1.29 is 23.8 Å². The van der Waals surface area contributed by atoms with Crippen molar-refractivity contribution in [3.63, 3.8) is 0 Å². The number of hydrogen-bond donors (Lipinski definition) is 2. The molecule has 5 heteroatoms. The smallest absolute Gasteiger partial charge is 0.172 e. The van der Waals surface area contributed by atoms with Gasteiger partial charge in [0.25, 0.3) is 0 Å². The average molecular weight is 318 g/mol. The van der Waals surface area contributed by atoms with Crippen LogP contribution in [-0.4, -0.2) is 16.0 Å². The third-order valence-electron chi connectivity index (χ3n) is 4.51. The summed E-state index contributed by atoms with van der Waals surface area (Å²) in [7, 11) is 0. The number of rotatable bonds is 2. The maximum Gasteiger partial charge on any atom is 0.172 e. The number of aliphatic hydroxyl groups excluding tert-OH is 2. The number of benzene rings is 2. The van der Waals surface area contributed by atoms with E-state index < -0.39 is 35.5 Å². The molecule has 2 aromatic rings. The fourth-order valence-electron chi connectivity index (χ4n) is 3.21. The van der Waals surface area contributed by atoms with Gasteiger partial charge in [-0.2, -0.15) is 0 Å². The first-order valence-electron chi connectivity index (χ1n) is 7.29. The Bertz CT molecular complexity index is 775. The van der Waals surface area contributed by atoms with Crippen molar-refractivity contribution in [2.45, 2.75) is 26.1 Å². The molecule has 120 valence electrons. The van der Waals surface area contributed by atoms with Crippen LogP contribution in [0.25, 0.3) is 0 Å². The van der Waals surface area contributed by atoms with Crippen LogP contribution in [0.1, 0.15) is 44.8 Å². The van der Waals surface area contributed by atoms with Crippen LogP contribution in [0.5, 0.6) is 0 Å². The van der Waals surface area contributed by atoms with Crippen molar-refractivity contribution >= 4 is 5.78 Å². The van der Waals surface area contributed by atoms with Gasteiger partial charge in [0.05, 0.1) is 18.1 Å². The monoisotopic (exact) mass is 318 g/mol. The number of carbonyl (C=O) groups excluding carboxylic acids is 1. The molecule has 0 bridgehead atoms. The second kappa shape index (κ2) is 5.51. The minimum Gasteiger partial charge on any atom is -0.388 e. The molecule has 1 aliphatic rings. The first kappa shape index (κ1) is 15.8. The predicted molar refractivity (Wildman–Crippen MR) is 80.0 cm³/mol. The molecule has 0 radical (unpaired) electrons. The van der Waals surface area contributed by atoms with Crippen LogP contribution in [0.3, 0.4) is 0 Å². The number of carbonyl (C=O) groups is 1. The summed E-state index contributed by atoms with van der Waals surface area (Å²) >= 11 is 0. The highest BCUT2D eigenvalue weighted by atomic mass is 19.1. The molecule has 1 aliphatic carbocycles. The minimum absolute atomic E-state index is 0.0413. The quantitative estimate of drug-likeness (QED) is 0.894. The minimum atomic E-state index is -1.63. The van der Waals surface area contributed by atoms with Gasteiger partial charge in [0.15, 0.2) is 5.78 Å². The lowest BCUT2D eigenvalue weighted by Gasteiger charge is -2.23. The molecule has 3 atom stereocenters. The largest absolute Gasteiger partial charge is 0.388 e. The Kier molecular flexibility index (Phi) is 3.78. The van der Waals surface area contributed by atoms with Crippen molar-refractivity contribution in [3.05, 3.63) is 69.8 Å². The van der Waals surface area contributed by atoms with E-state index in [1.807, 2.05) is 0 Å². The van der Waals surface area contributed by atoms with E-state index in [9.17, 15) is 23.8 Å². The highest BCUT2D eigenvalue weighted by Crippen LogP contribution is 2.44. The van der Waals surface area contributed by atoms with Gasteiger partial charge in [-0.1, -0.05) is 24.3 Å². The molecular weight excluding hydrogens is 302 g/mol. The zero-order valence-electron chi connectivity index (χ0n) is 12.7. The number of halogens is 2. The standard InChI is InChI=1S/C18H16F2O3/c1-8-7-12(19)9(2)13(15(8)20)18(23)14-16(21)10-5-3-4-6-11(10)17(14)22/h3-7,14,16,18,21,23H,1-2H3. The van der Waals surface area contributed by atoms with Gasteiger partial charge in [-0.25, -0.2) is 8.78 Å². The zero-order valence-corrected chi connectivity index (χ0v) is 12.7. The Morgan fingerprint density at radius 1 is 1.17 bits per heavy atom. The summed E-state index contributed by atoms with van der Waals surface area (Å²) in [5.41, 5.74) is 0.409. The number of aliphatic hydroxyl groups is 2. The summed E-state index contributed by atoms with van der Waals surface area (Å²) in [6.07, 6.45) is -2.88. The molecule has 2 N–H and O–H groups in total. The van der Waals surface area contributed by atoms with Crippen molar-refractivity contribution in [1.82, 2.24) is 0 Å². The maximum absolute atomic E-state index is 14.4. The van der Waals surface area contributed by atoms with Gasteiger partial charge in [-0.05, 0) is 36.6 Å². The van der Waals surface area contributed by atoms with Crippen molar-refractivity contribution in [2.24, 2.45) is 5.92 Å². The Hall–Kier alpha value is -2.11. The van der Waals surface area contributed by atoms with Gasteiger partial charge in [-0.15, -0.1) is 0 Å². The molecule has 2 aromatic carbocycles. The number of fused-ring (bicyclic) bond motifs is 1. The lowest BCUT2D eigenvalue weighted by Crippen LogP contribution is -2.24. The average Bonchev–Trinajstić information content (AvgIpc) is 2.77. The van der Waals surface area contributed by atoms with Crippen LogP contribution in [0.4, 0.5) is 8.78 Å².